The average Bonchev–Trinajstić information content (AvgIpc) is 2.62. The second kappa shape index (κ2) is 6.71. The molecule has 5 heteroatoms. The molecule has 1 heterocycles. The Balaban J connectivity index is 2.47. The van der Waals surface area contributed by atoms with Gasteiger partial charge in [-0.2, -0.15) is 5.10 Å². The number of nitrogens with two attached hydrogens (primary N) is 1. The first kappa shape index (κ1) is 14.1. The SMILES string of the molecule is CC(C)Cn1ncnc1CN(C)CCC(C)N. The molecule has 0 bridgehead atoms. The van der Waals surface area contributed by atoms with Gasteiger partial charge in [0.15, 0.2) is 0 Å². The van der Waals surface area contributed by atoms with Crippen LogP contribution in [0.25, 0.3) is 0 Å². The van der Waals surface area contributed by atoms with E-state index in [1.165, 1.54) is 0 Å². The molecule has 0 spiro atoms. The molecule has 17 heavy (non-hydrogen) atoms. The Morgan fingerprint density at radius 2 is 2.12 bits per heavy atom. The lowest BCUT2D eigenvalue weighted by atomic mass is 10.2. The summed E-state index contributed by atoms with van der Waals surface area (Å²) in [6.45, 7) is 9.16. The largest absolute Gasteiger partial charge is 0.328 e. The van der Waals surface area contributed by atoms with Gasteiger partial charge >= 0.3 is 0 Å². The van der Waals surface area contributed by atoms with E-state index in [4.69, 9.17) is 5.73 Å². The lowest BCUT2D eigenvalue weighted by molar-refractivity contribution is 0.295. The van der Waals surface area contributed by atoms with Crippen molar-refractivity contribution in [2.45, 2.75) is 46.3 Å². The summed E-state index contributed by atoms with van der Waals surface area (Å²) in [6.07, 6.45) is 2.64. The molecule has 1 atom stereocenters. The minimum absolute atomic E-state index is 0.256. The monoisotopic (exact) mass is 239 g/mol. The summed E-state index contributed by atoms with van der Waals surface area (Å²) in [5, 5.41) is 4.26. The smallest absolute Gasteiger partial charge is 0.141 e. The molecular formula is C12H25N5. The second-order valence-electron chi connectivity index (χ2n) is 5.26. The molecule has 0 aliphatic heterocycles. The van der Waals surface area contributed by atoms with Crippen molar-refractivity contribution >= 4 is 0 Å². The molecule has 0 aliphatic rings. The van der Waals surface area contributed by atoms with Crippen LogP contribution in [-0.2, 0) is 13.1 Å². The van der Waals surface area contributed by atoms with Gasteiger partial charge in [0.1, 0.15) is 12.2 Å². The van der Waals surface area contributed by atoms with Crippen molar-refractivity contribution < 1.29 is 0 Å². The third-order valence-electron chi connectivity index (χ3n) is 2.61. The summed E-state index contributed by atoms with van der Waals surface area (Å²) in [6, 6.07) is 0.256. The maximum Gasteiger partial charge on any atom is 0.141 e. The Labute approximate surface area is 104 Å². The molecule has 2 N–H and O–H groups in total. The maximum absolute atomic E-state index is 5.75. The zero-order valence-corrected chi connectivity index (χ0v) is 11.4. The van der Waals surface area contributed by atoms with Crippen LogP contribution in [0.3, 0.4) is 0 Å². The van der Waals surface area contributed by atoms with Crippen LogP contribution in [0.5, 0.6) is 0 Å². The van der Waals surface area contributed by atoms with Crippen molar-refractivity contribution in [1.82, 2.24) is 19.7 Å². The van der Waals surface area contributed by atoms with E-state index in [9.17, 15) is 0 Å². The fourth-order valence-electron chi connectivity index (χ4n) is 1.65. The van der Waals surface area contributed by atoms with Gasteiger partial charge in [-0.15, -0.1) is 0 Å². The van der Waals surface area contributed by atoms with Gasteiger partial charge in [0.25, 0.3) is 0 Å². The molecule has 1 rings (SSSR count). The summed E-state index contributed by atoms with van der Waals surface area (Å²) in [5.74, 6) is 1.62. The first-order chi connectivity index (χ1) is 7.99. The van der Waals surface area contributed by atoms with E-state index in [0.29, 0.717) is 5.92 Å². The summed E-state index contributed by atoms with van der Waals surface area (Å²) in [4.78, 5) is 6.56. The van der Waals surface area contributed by atoms with Crippen molar-refractivity contribution in [3.63, 3.8) is 0 Å². The molecule has 0 amide bonds. The van der Waals surface area contributed by atoms with Crippen LogP contribution >= 0.6 is 0 Å². The number of hydrogen-bond acceptors (Lipinski definition) is 4. The van der Waals surface area contributed by atoms with Crippen LogP contribution in [0.2, 0.25) is 0 Å². The van der Waals surface area contributed by atoms with E-state index in [1.54, 1.807) is 6.33 Å². The standard InChI is InChI=1S/C12H25N5/c1-10(2)7-17-12(14-9-15-17)8-16(4)6-5-11(3)13/h9-11H,5-8,13H2,1-4H3. The fourth-order valence-corrected chi connectivity index (χ4v) is 1.65. The van der Waals surface area contributed by atoms with Gasteiger partial charge in [-0.25, -0.2) is 9.67 Å². The molecule has 0 saturated heterocycles. The predicted molar refractivity (Wildman–Crippen MR) is 69.5 cm³/mol. The normalized spacial score (nSPS) is 13.6. The zero-order valence-electron chi connectivity index (χ0n) is 11.4. The van der Waals surface area contributed by atoms with Gasteiger partial charge < -0.3 is 5.73 Å². The lowest BCUT2D eigenvalue weighted by Gasteiger charge is -2.18. The quantitative estimate of drug-likeness (QED) is 0.774. The van der Waals surface area contributed by atoms with Crippen LogP contribution in [-0.4, -0.2) is 39.3 Å². The van der Waals surface area contributed by atoms with Crippen molar-refractivity contribution in [3.05, 3.63) is 12.2 Å². The van der Waals surface area contributed by atoms with Gasteiger partial charge in [-0.05, 0) is 32.9 Å². The molecular weight excluding hydrogens is 214 g/mol. The van der Waals surface area contributed by atoms with Gasteiger partial charge in [0.2, 0.25) is 0 Å². The zero-order chi connectivity index (χ0) is 12.8. The third-order valence-corrected chi connectivity index (χ3v) is 2.61. The third kappa shape index (κ3) is 5.28. The van der Waals surface area contributed by atoms with E-state index in [1.807, 2.05) is 11.6 Å². The molecule has 0 aromatic carbocycles. The van der Waals surface area contributed by atoms with Crippen molar-refractivity contribution in [3.8, 4) is 0 Å². The second-order valence-corrected chi connectivity index (χ2v) is 5.26. The maximum atomic E-state index is 5.75. The first-order valence-electron chi connectivity index (χ1n) is 6.29. The number of aromatic nitrogens is 3. The lowest BCUT2D eigenvalue weighted by Crippen LogP contribution is -2.27. The molecule has 98 valence electrons. The number of rotatable bonds is 7. The van der Waals surface area contributed by atoms with E-state index in [0.717, 1.165) is 31.9 Å². The molecule has 1 aromatic heterocycles. The minimum Gasteiger partial charge on any atom is -0.328 e. The van der Waals surface area contributed by atoms with Crippen LogP contribution < -0.4 is 5.73 Å². The molecule has 0 radical (unpaired) electrons. The van der Waals surface area contributed by atoms with Gasteiger partial charge in [0.05, 0.1) is 6.54 Å². The molecule has 1 unspecified atom stereocenters. The van der Waals surface area contributed by atoms with E-state index >= 15 is 0 Å². The Morgan fingerprint density at radius 1 is 1.41 bits per heavy atom. The Hall–Kier alpha value is -0.940. The highest BCUT2D eigenvalue weighted by Crippen LogP contribution is 2.04. The van der Waals surface area contributed by atoms with Crippen LogP contribution in [0, 0.1) is 5.92 Å². The van der Waals surface area contributed by atoms with Crippen molar-refractivity contribution in [2.75, 3.05) is 13.6 Å². The van der Waals surface area contributed by atoms with Crippen LogP contribution in [0.15, 0.2) is 6.33 Å². The fraction of sp³-hybridized carbons (Fsp3) is 0.833. The highest BCUT2D eigenvalue weighted by molar-refractivity contribution is 4.84. The predicted octanol–water partition coefficient (Wildman–Crippen LogP) is 1.10. The molecule has 0 aliphatic carbocycles. The summed E-state index contributed by atoms with van der Waals surface area (Å²) in [7, 11) is 2.09. The number of hydrogen-bond donors (Lipinski definition) is 1. The van der Waals surface area contributed by atoms with Crippen molar-refractivity contribution in [2.24, 2.45) is 11.7 Å². The van der Waals surface area contributed by atoms with Crippen molar-refractivity contribution in [1.29, 1.82) is 0 Å². The van der Waals surface area contributed by atoms with Crippen LogP contribution in [0.4, 0.5) is 0 Å². The number of nitrogens with zero attached hydrogens (tertiary/aromatic N) is 4. The van der Waals surface area contributed by atoms with E-state index < -0.39 is 0 Å². The minimum atomic E-state index is 0.256. The molecule has 0 saturated carbocycles. The van der Waals surface area contributed by atoms with Gasteiger partial charge in [0, 0.05) is 12.6 Å². The highest BCUT2D eigenvalue weighted by Gasteiger charge is 2.09. The molecule has 0 fully saturated rings. The highest BCUT2D eigenvalue weighted by atomic mass is 15.3. The van der Waals surface area contributed by atoms with E-state index in [-0.39, 0.29) is 6.04 Å². The van der Waals surface area contributed by atoms with Gasteiger partial charge in [-0.3, -0.25) is 4.90 Å². The molecule has 5 nitrogen and oxygen atoms in total. The summed E-state index contributed by atoms with van der Waals surface area (Å²) in [5.41, 5.74) is 5.75. The first-order valence-corrected chi connectivity index (χ1v) is 6.29. The van der Waals surface area contributed by atoms with Gasteiger partial charge in [-0.1, -0.05) is 13.8 Å². The Morgan fingerprint density at radius 3 is 2.71 bits per heavy atom. The van der Waals surface area contributed by atoms with Crippen LogP contribution in [0.1, 0.15) is 33.0 Å². The van der Waals surface area contributed by atoms with E-state index in [2.05, 4.69) is 35.9 Å². The summed E-state index contributed by atoms with van der Waals surface area (Å²) >= 11 is 0. The molecule has 1 aromatic rings. The summed E-state index contributed by atoms with van der Waals surface area (Å²) < 4.78 is 1.99. The average molecular weight is 239 g/mol. The Kier molecular flexibility index (Phi) is 5.58. The topological polar surface area (TPSA) is 60.0 Å². The Bertz CT molecular complexity index is 318.